The normalized spacial score (nSPS) is 11.6. The molecule has 0 aliphatic rings. The van der Waals surface area contributed by atoms with E-state index >= 15 is 0 Å². The quantitative estimate of drug-likeness (QED) is 0.151. The van der Waals surface area contributed by atoms with Gasteiger partial charge < -0.3 is 25.3 Å². The summed E-state index contributed by atoms with van der Waals surface area (Å²) in [6.07, 6.45) is 1.13. The lowest BCUT2D eigenvalue weighted by Gasteiger charge is -2.21. The van der Waals surface area contributed by atoms with Crippen LogP contribution in [0.4, 0.5) is 0 Å². The molecule has 0 aromatic heterocycles. The van der Waals surface area contributed by atoms with Crippen molar-refractivity contribution in [1.82, 2.24) is 5.32 Å². The maximum atomic E-state index is 13.6. The second-order valence-electron chi connectivity index (χ2n) is 9.18. The second-order valence-corrected chi connectivity index (χ2v) is 9.96. The Hall–Kier alpha value is -3.59. The molecule has 3 aromatic rings. The molecule has 0 bridgehead atoms. The van der Waals surface area contributed by atoms with Gasteiger partial charge in [0.25, 0.3) is 5.91 Å². The van der Waals surface area contributed by atoms with Crippen LogP contribution in [0.3, 0.4) is 0 Å². The van der Waals surface area contributed by atoms with Crippen molar-refractivity contribution in [2.75, 3.05) is 13.2 Å². The molecule has 0 unspecified atom stereocenters. The lowest BCUT2D eigenvalue weighted by molar-refractivity contribution is -0.149. The van der Waals surface area contributed by atoms with Gasteiger partial charge in [-0.05, 0) is 57.0 Å². The number of carbonyl (C=O) groups is 3. The van der Waals surface area contributed by atoms with Crippen LogP contribution in [-0.2, 0) is 16.0 Å². The third kappa shape index (κ3) is 8.71. The minimum atomic E-state index is -1.04. The molecule has 8 nitrogen and oxygen atoms in total. The Morgan fingerprint density at radius 1 is 0.925 bits per heavy atom. The molecule has 0 radical (unpaired) electrons. The summed E-state index contributed by atoms with van der Waals surface area (Å²) in [7, 11) is 0. The fourth-order valence-corrected chi connectivity index (χ4v) is 4.33. The zero-order valence-electron chi connectivity index (χ0n) is 22.3. The summed E-state index contributed by atoms with van der Waals surface area (Å²) < 4.78 is 16.8. The summed E-state index contributed by atoms with van der Waals surface area (Å²) in [4.78, 5) is 39.5. The molecule has 3 rings (SSSR count). The largest absolute Gasteiger partial charge is 0.490 e. The highest BCUT2D eigenvalue weighted by Gasteiger charge is 2.29. The molecular formula is C30H32Cl2N2O6. The van der Waals surface area contributed by atoms with Crippen LogP contribution in [0.25, 0.3) is 0 Å². The van der Waals surface area contributed by atoms with Gasteiger partial charge in [0.05, 0.1) is 28.9 Å². The lowest BCUT2D eigenvalue weighted by Crippen LogP contribution is -2.44. The van der Waals surface area contributed by atoms with Gasteiger partial charge in [0.15, 0.2) is 11.5 Å². The first-order valence-corrected chi connectivity index (χ1v) is 13.6. The van der Waals surface area contributed by atoms with E-state index in [1.54, 1.807) is 44.2 Å². The number of nitrogens with one attached hydrogen (secondary N) is 1. The summed E-state index contributed by atoms with van der Waals surface area (Å²) in [5.41, 5.74) is 6.45. The first-order valence-electron chi connectivity index (χ1n) is 12.9. The van der Waals surface area contributed by atoms with Gasteiger partial charge in [-0.2, -0.15) is 0 Å². The highest BCUT2D eigenvalue weighted by molar-refractivity contribution is 6.39. The van der Waals surface area contributed by atoms with Crippen molar-refractivity contribution in [1.29, 1.82) is 0 Å². The molecule has 0 heterocycles. The molecule has 3 N–H and O–H groups in total. The van der Waals surface area contributed by atoms with Crippen LogP contribution in [0.15, 0.2) is 66.7 Å². The van der Waals surface area contributed by atoms with Crippen molar-refractivity contribution in [2.45, 2.75) is 45.3 Å². The average molecular weight is 588 g/mol. The van der Waals surface area contributed by atoms with Crippen LogP contribution < -0.4 is 20.5 Å². The zero-order chi connectivity index (χ0) is 29.1. The lowest BCUT2D eigenvalue weighted by atomic mass is 10.0. The number of rotatable bonds is 13. The Bertz CT molecular complexity index is 1300. The number of hydrogen-bond acceptors (Lipinski definition) is 7. The summed E-state index contributed by atoms with van der Waals surface area (Å²) in [5.74, 6) is -2.29. The topological polar surface area (TPSA) is 117 Å². The molecular weight excluding hydrogens is 555 g/mol. The Morgan fingerprint density at radius 2 is 1.57 bits per heavy atom. The fourth-order valence-electron chi connectivity index (χ4n) is 3.72. The highest BCUT2D eigenvalue weighted by atomic mass is 35.5. The predicted molar refractivity (Wildman–Crippen MR) is 154 cm³/mol. The molecule has 40 heavy (non-hydrogen) atoms. The number of hydrogen-bond donors (Lipinski definition) is 2. The summed E-state index contributed by atoms with van der Waals surface area (Å²) in [6, 6.07) is 17.6. The Morgan fingerprint density at radius 3 is 2.20 bits per heavy atom. The van der Waals surface area contributed by atoms with E-state index in [0.717, 1.165) is 12.0 Å². The first kappa shape index (κ1) is 30.9. The number of ether oxygens (including phenoxy) is 3. The third-order valence-corrected chi connectivity index (χ3v) is 6.27. The standard InChI is InChI=1S/C30H32Cl2N2O6/c1-19(2)39-30(37)24(17-20-11-5-3-6-12-20)34-28(35)22-18-23(31)27(38-16-10-9-15-33)25(32)26(22)40-29(36)21-13-7-4-8-14-21/h3-8,11-14,18-19,24H,9-10,15-17,33H2,1-2H3,(H,34,35)/t24-/m0/s1. The van der Waals surface area contributed by atoms with Gasteiger partial charge in [0, 0.05) is 6.42 Å². The van der Waals surface area contributed by atoms with Gasteiger partial charge in [0.2, 0.25) is 0 Å². The van der Waals surface area contributed by atoms with Crippen molar-refractivity contribution < 1.29 is 28.6 Å². The predicted octanol–water partition coefficient (Wildman–Crippen LogP) is 5.62. The van der Waals surface area contributed by atoms with Crippen molar-refractivity contribution >= 4 is 41.0 Å². The average Bonchev–Trinajstić information content (AvgIpc) is 2.94. The van der Waals surface area contributed by atoms with Gasteiger partial charge in [-0.3, -0.25) is 4.79 Å². The van der Waals surface area contributed by atoms with Crippen LogP contribution in [0, 0.1) is 0 Å². The van der Waals surface area contributed by atoms with Crippen molar-refractivity contribution in [3.05, 3.63) is 93.5 Å². The molecule has 212 valence electrons. The number of nitrogens with two attached hydrogens (primary N) is 1. The fraction of sp³-hybridized carbons (Fsp3) is 0.300. The van der Waals surface area contributed by atoms with Gasteiger partial charge in [0.1, 0.15) is 11.1 Å². The van der Waals surface area contributed by atoms with Gasteiger partial charge in [-0.1, -0.05) is 71.7 Å². The number of amides is 1. The minimum Gasteiger partial charge on any atom is -0.490 e. The summed E-state index contributed by atoms with van der Waals surface area (Å²) in [6.45, 7) is 4.18. The molecule has 1 atom stereocenters. The molecule has 0 aliphatic heterocycles. The Kier molecular flexibility index (Phi) is 11.8. The van der Waals surface area contributed by atoms with Crippen LogP contribution in [0.2, 0.25) is 10.0 Å². The minimum absolute atomic E-state index is 0.0341. The van der Waals surface area contributed by atoms with Gasteiger partial charge >= 0.3 is 11.9 Å². The molecule has 0 aliphatic carbocycles. The van der Waals surface area contributed by atoms with E-state index in [1.807, 2.05) is 30.3 Å². The molecule has 0 saturated carbocycles. The number of halogens is 2. The maximum absolute atomic E-state index is 13.6. The summed E-state index contributed by atoms with van der Waals surface area (Å²) in [5, 5.41) is 2.58. The van der Waals surface area contributed by atoms with E-state index in [2.05, 4.69) is 5.32 Å². The van der Waals surface area contributed by atoms with E-state index in [-0.39, 0.29) is 45.7 Å². The Balaban J connectivity index is 1.98. The van der Waals surface area contributed by atoms with E-state index in [1.165, 1.54) is 6.07 Å². The number of benzene rings is 3. The smallest absolute Gasteiger partial charge is 0.343 e. The molecule has 0 fully saturated rings. The summed E-state index contributed by atoms with van der Waals surface area (Å²) >= 11 is 13.1. The van der Waals surface area contributed by atoms with Crippen molar-refractivity contribution in [2.24, 2.45) is 5.73 Å². The third-order valence-electron chi connectivity index (χ3n) is 5.65. The van der Waals surface area contributed by atoms with E-state index in [9.17, 15) is 14.4 Å². The van der Waals surface area contributed by atoms with Crippen LogP contribution in [0.1, 0.15) is 53.0 Å². The van der Waals surface area contributed by atoms with Gasteiger partial charge in [-0.15, -0.1) is 0 Å². The highest BCUT2D eigenvalue weighted by Crippen LogP contribution is 2.43. The molecule has 0 saturated heterocycles. The van der Waals surface area contributed by atoms with E-state index in [0.29, 0.717) is 13.0 Å². The van der Waals surface area contributed by atoms with Crippen molar-refractivity contribution in [3.63, 3.8) is 0 Å². The SMILES string of the molecule is CC(C)OC(=O)[C@H](Cc1ccccc1)NC(=O)c1cc(Cl)c(OCCCCN)c(Cl)c1OC(=O)c1ccccc1. The monoisotopic (exact) mass is 586 g/mol. The van der Waals surface area contributed by atoms with Gasteiger partial charge in [-0.25, -0.2) is 9.59 Å². The molecule has 3 aromatic carbocycles. The number of unbranched alkanes of at least 4 members (excludes halogenated alkanes) is 1. The molecule has 1 amide bonds. The zero-order valence-corrected chi connectivity index (χ0v) is 23.8. The first-order chi connectivity index (χ1) is 19.2. The molecule has 0 spiro atoms. The Labute approximate surface area is 243 Å². The number of esters is 2. The number of carbonyl (C=O) groups excluding carboxylic acids is 3. The maximum Gasteiger partial charge on any atom is 0.343 e. The van der Waals surface area contributed by atoms with E-state index in [4.69, 9.17) is 43.1 Å². The van der Waals surface area contributed by atoms with Crippen LogP contribution >= 0.6 is 23.2 Å². The van der Waals surface area contributed by atoms with Crippen LogP contribution in [-0.4, -0.2) is 43.1 Å². The van der Waals surface area contributed by atoms with Crippen LogP contribution in [0.5, 0.6) is 11.5 Å². The van der Waals surface area contributed by atoms with Crippen molar-refractivity contribution in [3.8, 4) is 11.5 Å². The van der Waals surface area contributed by atoms with E-state index < -0.39 is 30.0 Å². The second kappa shape index (κ2) is 15.3. The molecule has 10 heteroatoms.